The molecule has 0 aliphatic rings. The van der Waals surface area contributed by atoms with E-state index in [0.717, 1.165) is 17.8 Å². The van der Waals surface area contributed by atoms with Crippen molar-refractivity contribution in [2.75, 3.05) is 6.61 Å². The van der Waals surface area contributed by atoms with E-state index in [9.17, 15) is 4.79 Å². The van der Waals surface area contributed by atoms with Gasteiger partial charge in [-0.05, 0) is 12.8 Å². The summed E-state index contributed by atoms with van der Waals surface area (Å²) in [6, 6.07) is 0. The summed E-state index contributed by atoms with van der Waals surface area (Å²) >= 11 is 1.09. The summed E-state index contributed by atoms with van der Waals surface area (Å²) in [5.41, 5.74) is 0. The van der Waals surface area contributed by atoms with Crippen LogP contribution in [0.15, 0.2) is 0 Å². The van der Waals surface area contributed by atoms with E-state index in [1.54, 1.807) is 0 Å². The second kappa shape index (κ2) is 4.88. The highest BCUT2D eigenvalue weighted by Gasteiger charge is 2.09. The lowest BCUT2D eigenvalue weighted by Crippen LogP contribution is -1.93. The Morgan fingerprint density at radius 2 is 2.15 bits per heavy atom. The first-order valence-corrected chi connectivity index (χ1v) is 4.72. The number of aromatic nitrogens is 2. The maximum atomic E-state index is 10.4. The quantitative estimate of drug-likeness (QED) is 0.681. The number of unbranched alkanes of at least 4 members (excludes halogenated alkanes) is 1. The second-order valence-corrected chi connectivity index (χ2v) is 3.55. The highest BCUT2D eigenvalue weighted by molar-refractivity contribution is 7.13. The largest absolute Gasteiger partial charge is 0.476 e. The van der Waals surface area contributed by atoms with Crippen LogP contribution < -0.4 is 0 Å². The minimum Gasteiger partial charge on any atom is -0.476 e. The monoisotopic (exact) mass is 202 g/mol. The lowest BCUT2D eigenvalue weighted by Gasteiger charge is -1.91. The van der Waals surface area contributed by atoms with Crippen molar-refractivity contribution in [2.24, 2.45) is 0 Å². The summed E-state index contributed by atoms with van der Waals surface area (Å²) in [4.78, 5) is 10.4. The van der Waals surface area contributed by atoms with Crippen molar-refractivity contribution in [3.63, 3.8) is 0 Å². The van der Waals surface area contributed by atoms with Gasteiger partial charge < -0.3 is 10.2 Å². The highest BCUT2D eigenvalue weighted by atomic mass is 32.1. The minimum atomic E-state index is -1.04. The maximum Gasteiger partial charge on any atom is 0.367 e. The Balaban J connectivity index is 2.44. The van der Waals surface area contributed by atoms with Gasteiger partial charge in [0.1, 0.15) is 5.01 Å². The fraction of sp³-hybridized carbons (Fsp3) is 0.571. The average Bonchev–Trinajstić information content (AvgIpc) is 2.53. The third kappa shape index (κ3) is 3.08. The van der Waals surface area contributed by atoms with Crippen LogP contribution in [-0.2, 0) is 6.42 Å². The summed E-state index contributed by atoms with van der Waals surface area (Å²) in [6.45, 7) is 0.157. The lowest BCUT2D eigenvalue weighted by molar-refractivity contribution is 0.0695. The van der Waals surface area contributed by atoms with Crippen molar-refractivity contribution in [1.29, 1.82) is 0 Å². The topological polar surface area (TPSA) is 83.3 Å². The SMILES string of the molecule is O=C(O)c1nnc(CCCCO)s1. The van der Waals surface area contributed by atoms with Crippen molar-refractivity contribution >= 4 is 17.3 Å². The molecule has 1 aromatic heterocycles. The van der Waals surface area contributed by atoms with Crippen LogP contribution in [0, 0.1) is 0 Å². The number of aryl methyl sites for hydroxylation is 1. The first kappa shape index (κ1) is 10.1. The molecule has 72 valence electrons. The van der Waals surface area contributed by atoms with Crippen LogP contribution in [0.5, 0.6) is 0 Å². The summed E-state index contributed by atoms with van der Waals surface area (Å²) in [5, 5.41) is 25.0. The Kier molecular flexibility index (Phi) is 3.78. The molecule has 0 spiro atoms. The Bertz CT molecular complexity index is 287. The Hall–Kier alpha value is -1.01. The maximum absolute atomic E-state index is 10.4. The Labute approximate surface area is 79.1 Å². The zero-order valence-electron chi connectivity index (χ0n) is 6.93. The molecule has 0 unspecified atom stereocenters. The first-order chi connectivity index (χ1) is 6.24. The summed E-state index contributed by atoms with van der Waals surface area (Å²) in [6.07, 6.45) is 2.21. The number of aliphatic hydroxyl groups is 1. The van der Waals surface area contributed by atoms with Gasteiger partial charge in [0.05, 0.1) is 0 Å². The molecular weight excluding hydrogens is 192 g/mol. The molecule has 0 aromatic carbocycles. The van der Waals surface area contributed by atoms with Crippen molar-refractivity contribution in [3.05, 3.63) is 10.0 Å². The van der Waals surface area contributed by atoms with Gasteiger partial charge in [-0.2, -0.15) is 0 Å². The van der Waals surface area contributed by atoms with E-state index < -0.39 is 5.97 Å². The summed E-state index contributed by atoms with van der Waals surface area (Å²) < 4.78 is 0. The summed E-state index contributed by atoms with van der Waals surface area (Å²) in [7, 11) is 0. The van der Waals surface area contributed by atoms with E-state index >= 15 is 0 Å². The van der Waals surface area contributed by atoms with Crippen LogP contribution in [0.4, 0.5) is 0 Å². The molecule has 1 aromatic rings. The van der Waals surface area contributed by atoms with Crippen LogP contribution in [-0.4, -0.2) is 33.0 Å². The van der Waals surface area contributed by atoms with Crippen molar-refractivity contribution in [2.45, 2.75) is 19.3 Å². The van der Waals surface area contributed by atoms with Gasteiger partial charge in [-0.1, -0.05) is 11.3 Å². The lowest BCUT2D eigenvalue weighted by atomic mass is 10.2. The average molecular weight is 202 g/mol. The van der Waals surface area contributed by atoms with Gasteiger partial charge in [-0.3, -0.25) is 0 Å². The number of aromatic carboxylic acids is 1. The molecule has 0 saturated carbocycles. The summed E-state index contributed by atoms with van der Waals surface area (Å²) in [5.74, 6) is -1.04. The van der Waals surface area contributed by atoms with E-state index in [1.807, 2.05) is 0 Å². The van der Waals surface area contributed by atoms with E-state index in [-0.39, 0.29) is 11.6 Å². The number of carboxylic acid groups (broad SMARTS) is 1. The second-order valence-electron chi connectivity index (χ2n) is 2.49. The van der Waals surface area contributed by atoms with Crippen LogP contribution in [0.2, 0.25) is 0 Å². The van der Waals surface area contributed by atoms with Gasteiger partial charge >= 0.3 is 5.97 Å². The van der Waals surface area contributed by atoms with Crippen LogP contribution >= 0.6 is 11.3 Å². The predicted octanol–water partition coefficient (Wildman–Crippen LogP) is 0.551. The van der Waals surface area contributed by atoms with E-state index in [4.69, 9.17) is 10.2 Å². The van der Waals surface area contributed by atoms with Crippen LogP contribution in [0.3, 0.4) is 0 Å². The van der Waals surface area contributed by atoms with Crippen LogP contribution in [0.25, 0.3) is 0 Å². The standard InChI is InChI=1S/C7H10N2O3S/c10-4-2-1-3-5-8-9-6(13-5)7(11)12/h10H,1-4H2,(H,11,12). The minimum absolute atomic E-state index is 0.0269. The molecule has 13 heavy (non-hydrogen) atoms. The van der Waals surface area contributed by atoms with Crippen molar-refractivity contribution < 1.29 is 15.0 Å². The van der Waals surface area contributed by atoms with Gasteiger partial charge in [-0.15, -0.1) is 10.2 Å². The third-order valence-corrected chi connectivity index (χ3v) is 2.42. The van der Waals surface area contributed by atoms with Crippen molar-refractivity contribution in [1.82, 2.24) is 10.2 Å². The van der Waals surface area contributed by atoms with Crippen LogP contribution in [0.1, 0.15) is 27.7 Å². The van der Waals surface area contributed by atoms with E-state index in [0.29, 0.717) is 17.8 Å². The van der Waals surface area contributed by atoms with Gasteiger partial charge in [0.25, 0.3) is 0 Å². The fourth-order valence-electron chi connectivity index (χ4n) is 0.829. The van der Waals surface area contributed by atoms with E-state index in [1.165, 1.54) is 0 Å². The predicted molar refractivity (Wildman–Crippen MR) is 46.9 cm³/mol. The number of aliphatic hydroxyl groups excluding tert-OH is 1. The highest BCUT2D eigenvalue weighted by Crippen LogP contribution is 2.11. The number of rotatable bonds is 5. The molecule has 5 nitrogen and oxygen atoms in total. The molecule has 1 rings (SSSR count). The third-order valence-electron chi connectivity index (χ3n) is 1.45. The van der Waals surface area contributed by atoms with Gasteiger partial charge in [0, 0.05) is 13.0 Å². The van der Waals surface area contributed by atoms with Gasteiger partial charge in [0.2, 0.25) is 5.01 Å². The van der Waals surface area contributed by atoms with E-state index in [2.05, 4.69) is 10.2 Å². The zero-order chi connectivity index (χ0) is 9.68. The molecule has 0 aliphatic heterocycles. The molecule has 6 heteroatoms. The fourth-order valence-corrected chi connectivity index (χ4v) is 1.55. The zero-order valence-corrected chi connectivity index (χ0v) is 7.75. The molecule has 0 atom stereocenters. The molecule has 1 heterocycles. The number of hydrogen-bond donors (Lipinski definition) is 2. The molecular formula is C7H10N2O3S. The smallest absolute Gasteiger partial charge is 0.367 e. The molecule has 0 radical (unpaired) electrons. The normalized spacial score (nSPS) is 10.2. The van der Waals surface area contributed by atoms with Gasteiger partial charge in [0.15, 0.2) is 0 Å². The molecule has 0 amide bonds. The molecule has 0 aliphatic carbocycles. The Morgan fingerprint density at radius 1 is 1.38 bits per heavy atom. The number of hydrogen-bond acceptors (Lipinski definition) is 5. The number of carboxylic acids is 1. The first-order valence-electron chi connectivity index (χ1n) is 3.90. The molecule has 2 N–H and O–H groups in total. The molecule has 0 fully saturated rings. The number of nitrogens with zero attached hydrogens (tertiary/aromatic N) is 2. The van der Waals surface area contributed by atoms with Gasteiger partial charge in [-0.25, -0.2) is 4.79 Å². The Morgan fingerprint density at radius 3 is 2.69 bits per heavy atom. The number of carbonyl (C=O) groups is 1. The molecule has 0 saturated heterocycles. The van der Waals surface area contributed by atoms with Crippen molar-refractivity contribution in [3.8, 4) is 0 Å². The molecule has 0 bridgehead atoms.